The van der Waals surface area contributed by atoms with E-state index in [2.05, 4.69) is 27.2 Å². The molecule has 0 amide bonds. The van der Waals surface area contributed by atoms with Gasteiger partial charge in [0.2, 0.25) is 0 Å². The van der Waals surface area contributed by atoms with Gasteiger partial charge in [0.1, 0.15) is 5.82 Å². The summed E-state index contributed by atoms with van der Waals surface area (Å²) in [5.74, 6) is 0.998. The second-order valence-corrected chi connectivity index (χ2v) is 4.57. The Hall–Kier alpha value is -1.16. The molecule has 1 aliphatic rings. The molecule has 1 aromatic rings. The van der Waals surface area contributed by atoms with Crippen molar-refractivity contribution in [3.05, 3.63) is 17.6 Å². The first-order valence-corrected chi connectivity index (χ1v) is 5.91. The molecule has 1 aromatic heterocycles. The summed E-state index contributed by atoms with van der Waals surface area (Å²) < 4.78 is 0. The minimum absolute atomic E-state index is 0.776. The third-order valence-electron chi connectivity index (χ3n) is 2.87. The molecule has 0 aliphatic heterocycles. The fraction of sp³-hybridized carbons (Fsp3) is 0.667. The lowest BCUT2D eigenvalue weighted by atomic mass is 10.3. The Morgan fingerprint density at radius 2 is 2.19 bits per heavy atom. The maximum Gasteiger partial charge on any atom is 0.150 e. The second kappa shape index (κ2) is 4.78. The van der Waals surface area contributed by atoms with Crippen LogP contribution in [0.3, 0.4) is 0 Å². The SMILES string of the molecule is Cc1cnc(C)c(N(C)CCNC2CC2)n1. The highest BCUT2D eigenvalue weighted by atomic mass is 15.2. The van der Waals surface area contributed by atoms with Gasteiger partial charge in [-0.1, -0.05) is 0 Å². The largest absolute Gasteiger partial charge is 0.357 e. The molecule has 0 saturated heterocycles. The van der Waals surface area contributed by atoms with E-state index in [9.17, 15) is 0 Å². The van der Waals surface area contributed by atoms with E-state index < -0.39 is 0 Å². The van der Waals surface area contributed by atoms with Gasteiger partial charge in [0.15, 0.2) is 0 Å². The van der Waals surface area contributed by atoms with Gasteiger partial charge in [0.25, 0.3) is 0 Å². The monoisotopic (exact) mass is 220 g/mol. The molecule has 0 aromatic carbocycles. The summed E-state index contributed by atoms with van der Waals surface area (Å²) in [6, 6.07) is 0.776. The van der Waals surface area contributed by atoms with E-state index in [4.69, 9.17) is 0 Å². The van der Waals surface area contributed by atoms with Gasteiger partial charge in [-0.2, -0.15) is 0 Å². The molecule has 1 N–H and O–H groups in total. The van der Waals surface area contributed by atoms with E-state index >= 15 is 0 Å². The predicted octanol–water partition coefficient (Wildman–Crippen LogP) is 1.28. The van der Waals surface area contributed by atoms with Crippen LogP contribution in [0.2, 0.25) is 0 Å². The Morgan fingerprint density at radius 1 is 1.44 bits per heavy atom. The average Bonchev–Trinajstić information content (AvgIpc) is 3.05. The Balaban J connectivity index is 1.90. The van der Waals surface area contributed by atoms with Gasteiger partial charge >= 0.3 is 0 Å². The Labute approximate surface area is 97.1 Å². The summed E-state index contributed by atoms with van der Waals surface area (Å²) in [6.07, 6.45) is 4.50. The molecular formula is C12H20N4. The van der Waals surface area contributed by atoms with Crippen LogP contribution >= 0.6 is 0 Å². The highest BCUT2D eigenvalue weighted by Gasteiger charge is 2.20. The van der Waals surface area contributed by atoms with Crippen molar-refractivity contribution in [1.29, 1.82) is 0 Å². The van der Waals surface area contributed by atoms with Crippen LogP contribution in [0.5, 0.6) is 0 Å². The van der Waals surface area contributed by atoms with Crippen LogP contribution in [0, 0.1) is 13.8 Å². The van der Waals surface area contributed by atoms with Crippen molar-refractivity contribution in [2.24, 2.45) is 0 Å². The molecule has 0 atom stereocenters. The number of aryl methyl sites for hydroxylation is 2. The first-order chi connectivity index (χ1) is 7.66. The third kappa shape index (κ3) is 2.92. The number of aromatic nitrogens is 2. The first-order valence-electron chi connectivity index (χ1n) is 5.91. The molecule has 0 radical (unpaired) electrons. The molecule has 2 rings (SSSR count). The van der Waals surface area contributed by atoms with E-state index in [1.54, 1.807) is 0 Å². The quantitative estimate of drug-likeness (QED) is 0.811. The summed E-state index contributed by atoms with van der Waals surface area (Å²) in [6.45, 7) is 5.99. The van der Waals surface area contributed by atoms with Crippen molar-refractivity contribution in [3.63, 3.8) is 0 Å². The van der Waals surface area contributed by atoms with Gasteiger partial charge in [-0.25, -0.2) is 4.98 Å². The maximum absolute atomic E-state index is 4.52. The number of anilines is 1. The third-order valence-corrected chi connectivity index (χ3v) is 2.87. The summed E-state index contributed by atoms with van der Waals surface area (Å²) in [5, 5.41) is 3.50. The van der Waals surface area contributed by atoms with Crippen LogP contribution in [0.4, 0.5) is 5.82 Å². The van der Waals surface area contributed by atoms with Gasteiger partial charge in [-0.15, -0.1) is 0 Å². The van der Waals surface area contributed by atoms with Gasteiger partial charge in [-0.05, 0) is 26.7 Å². The number of hydrogen-bond acceptors (Lipinski definition) is 4. The minimum Gasteiger partial charge on any atom is -0.357 e. The summed E-state index contributed by atoms with van der Waals surface area (Å²) in [7, 11) is 2.07. The van der Waals surface area contributed by atoms with Crippen molar-refractivity contribution < 1.29 is 0 Å². The lowest BCUT2D eigenvalue weighted by Gasteiger charge is -2.20. The van der Waals surface area contributed by atoms with Crippen LogP contribution in [0.25, 0.3) is 0 Å². The molecule has 1 fully saturated rings. The summed E-state index contributed by atoms with van der Waals surface area (Å²) in [4.78, 5) is 11.0. The molecule has 0 bridgehead atoms. The van der Waals surface area contributed by atoms with E-state index in [0.717, 1.165) is 36.3 Å². The zero-order valence-corrected chi connectivity index (χ0v) is 10.3. The van der Waals surface area contributed by atoms with E-state index in [1.165, 1.54) is 12.8 Å². The van der Waals surface area contributed by atoms with Crippen LogP contribution in [-0.2, 0) is 0 Å². The first kappa shape index (κ1) is 11.3. The number of nitrogens with one attached hydrogen (secondary N) is 1. The Morgan fingerprint density at radius 3 is 2.88 bits per heavy atom. The zero-order valence-electron chi connectivity index (χ0n) is 10.3. The fourth-order valence-electron chi connectivity index (χ4n) is 1.72. The maximum atomic E-state index is 4.52. The van der Waals surface area contributed by atoms with Crippen LogP contribution in [0.15, 0.2) is 6.20 Å². The molecule has 1 saturated carbocycles. The Bertz CT molecular complexity index is 360. The van der Waals surface area contributed by atoms with Gasteiger partial charge in [0.05, 0.1) is 11.4 Å². The molecule has 1 heterocycles. The minimum atomic E-state index is 0.776. The topological polar surface area (TPSA) is 41.1 Å². The van der Waals surface area contributed by atoms with E-state index in [-0.39, 0.29) is 0 Å². The van der Waals surface area contributed by atoms with Gasteiger partial charge < -0.3 is 10.2 Å². The average molecular weight is 220 g/mol. The van der Waals surface area contributed by atoms with Crippen LogP contribution in [0.1, 0.15) is 24.2 Å². The number of hydrogen-bond donors (Lipinski definition) is 1. The van der Waals surface area contributed by atoms with Gasteiger partial charge in [0, 0.05) is 32.4 Å². The van der Waals surface area contributed by atoms with Crippen molar-refractivity contribution in [2.45, 2.75) is 32.7 Å². The van der Waals surface area contributed by atoms with Crippen molar-refractivity contribution in [1.82, 2.24) is 15.3 Å². The lowest BCUT2D eigenvalue weighted by Crippen LogP contribution is -2.31. The van der Waals surface area contributed by atoms with Crippen LogP contribution < -0.4 is 10.2 Å². The molecule has 0 spiro atoms. The lowest BCUT2D eigenvalue weighted by molar-refractivity contribution is 0.671. The zero-order chi connectivity index (χ0) is 11.5. The number of likely N-dealkylation sites (N-methyl/N-ethyl adjacent to an activating group) is 1. The van der Waals surface area contributed by atoms with E-state index in [0.29, 0.717) is 0 Å². The van der Waals surface area contributed by atoms with Crippen molar-refractivity contribution in [3.8, 4) is 0 Å². The number of rotatable bonds is 5. The van der Waals surface area contributed by atoms with Crippen molar-refractivity contribution >= 4 is 5.82 Å². The second-order valence-electron chi connectivity index (χ2n) is 4.57. The standard InChI is InChI=1S/C12H20N4/c1-9-8-14-10(2)12(15-9)16(3)7-6-13-11-4-5-11/h8,11,13H,4-7H2,1-3H3. The van der Waals surface area contributed by atoms with E-state index in [1.807, 2.05) is 20.0 Å². The van der Waals surface area contributed by atoms with Crippen molar-refractivity contribution in [2.75, 3.05) is 25.0 Å². The summed E-state index contributed by atoms with van der Waals surface area (Å²) >= 11 is 0. The normalized spacial score (nSPS) is 15.2. The smallest absolute Gasteiger partial charge is 0.150 e. The Kier molecular flexibility index (Phi) is 3.39. The molecule has 0 unspecified atom stereocenters. The van der Waals surface area contributed by atoms with Gasteiger partial charge in [-0.3, -0.25) is 4.98 Å². The predicted molar refractivity (Wildman–Crippen MR) is 65.8 cm³/mol. The molecule has 4 nitrogen and oxygen atoms in total. The highest BCUT2D eigenvalue weighted by Crippen LogP contribution is 2.18. The molecule has 1 aliphatic carbocycles. The highest BCUT2D eigenvalue weighted by molar-refractivity contribution is 5.42. The number of nitrogens with zero attached hydrogens (tertiary/aromatic N) is 3. The fourth-order valence-corrected chi connectivity index (χ4v) is 1.72. The molecule has 88 valence electrons. The summed E-state index contributed by atoms with van der Waals surface area (Å²) in [5.41, 5.74) is 1.97. The molecule has 16 heavy (non-hydrogen) atoms. The van der Waals surface area contributed by atoms with Crippen LogP contribution in [-0.4, -0.2) is 36.1 Å². The molecule has 4 heteroatoms. The molecular weight excluding hydrogens is 200 g/mol.